The van der Waals surface area contributed by atoms with Crippen molar-refractivity contribution in [2.45, 2.75) is 0 Å². The van der Waals surface area contributed by atoms with Crippen molar-refractivity contribution in [3.8, 4) is 17.1 Å². The average molecular weight is 306 g/mol. The Labute approximate surface area is 125 Å². The van der Waals surface area contributed by atoms with Gasteiger partial charge in [0.05, 0.1) is 34.4 Å². The lowest BCUT2D eigenvalue weighted by Crippen LogP contribution is -1.97. The fourth-order valence-corrected chi connectivity index (χ4v) is 2.49. The molecule has 6 heteroatoms. The molecule has 1 aromatic heterocycles. The number of nitrogen functional groups attached to an aromatic ring is 1. The molecule has 0 radical (unpaired) electrons. The Morgan fingerprint density at radius 1 is 1.29 bits per heavy atom. The SMILES string of the molecule is COc1cc(N)c(Cl)cc1-c1nc2cc(F)ccc2n1C. The first kappa shape index (κ1) is 13.7. The summed E-state index contributed by atoms with van der Waals surface area (Å²) in [5, 5.41) is 0.420. The summed E-state index contributed by atoms with van der Waals surface area (Å²) in [5.41, 5.74) is 8.32. The molecule has 21 heavy (non-hydrogen) atoms. The molecule has 0 aliphatic carbocycles. The highest BCUT2D eigenvalue weighted by Crippen LogP contribution is 2.36. The maximum Gasteiger partial charge on any atom is 0.144 e. The number of aryl methyl sites for hydroxylation is 1. The number of rotatable bonds is 2. The molecule has 0 saturated heterocycles. The van der Waals surface area contributed by atoms with Gasteiger partial charge in [-0.2, -0.15) is 0 Å². The largest absolute Gasteiger partial charge is 0.496 e. The number of methoxy groups -OCH3 is 1. The summed E-state index contributed by atoms with van der Waals surface area (Å²) in [7, 11) is 3.40. The van der Waals surface area contributed by atoms with Gasteiger partial charge in [0.2, 0.25) is 0 Å². The van der Waals surface area contributed by atoms with Crippen molar-refractivity contribution in [3.05, 3.63) is 41.2 Å². The minimum atomic E-state index is -0.325. The second kappa shape index (κ2) is 4.93. The third kappa shape index (κ3) is 2.19. The molecule has 0 aliphatic rings. The third-order valence-corrected chi connectivity index (χ3v) is 3.73. The van der Waals surface area contributed by atoms with Gasteiger partial charge in [0.15, 0.2) is 0 Å². The van der Waals surface area contributed by atoms with E-state index in [-0.39, 0.29) is 5.82 Å². The monoisotopic (exact) mass is 305 g/mol. The van der Waals surface area contributed by atoms with Crippen molar-refractivity contribution >= 4 is 28.3 Å². The molecule has 0 atom stereocenters. The summed E-state index contributed by atoms with van der Waals surface area (Å²) >= 11 is 6.09. The fourth-order valence-electron chi connectivity index (χ4n) is 2.33. The number of halogens is 2. The number of imidazole rings is 1. The van der Waals surface area contributed by atoms with Crippen LogP contribution in [-0.2, 0) is 7.05 Å². The first-order valence-electron chi connectivity index (χ1n) is 6.26. The second-order valence-electron chi connectivity index (χ2n) is 4.70. The molecule has 3 rings (SSSR count). The number of anilines is 1. The summed E-state index contributed by atoms with van der Waals surface area (Å²) < 4.78 is 20.5. The molecule has 3 aromatic rings. The number of ether oxygens (including phenoxy) is 1. The molecule has 0 saturated carbocycles. The normalized spacial score (nSPS) is 11.0. The minimum Gasteiger partial charge on any atom is -0.496 e. The standard InChI is InChI=1S/C15H13ClFN3O/c1-20-13-4-3-8(17)5-12(13)19-15(20)9-6-10(16)11(18)7-14(9)21-2/h3-7H,18H2,1-2H3. The Morgan fingerprint density at radius 3 is 2.76 bits per heavy atom. The van der Waals surface area contributed by atoms with Crippen LogP contribution in [0.4, 0.5) is 10.1 Å². The predicted octanol–water partition coefficient (Wildman–Crippen LogP) is 3.62. The molecule has 0 amide bonds. The summed E-state index contributed by atoms with van der Waals surface area (Å²) in [6.45, 7) is 0. The molecule has 0 unspecified atom stereocenters. The summed E-state index contributed by atoms with van der Waals surface area (Å²) in [4.78, 5) is 4.47. The van der Waals surface area contributed by atoms with Crippen molar-refractivity contribution in [1.82, 2.24) is 9.55 Å². The van der Waals surface area contributed by atoms with Crippen LogP contribution in [0.15, 0.2) is 30.3 Å². The zero-order valence-electron chi connectivity index (χ0n) is 11.5. The van der Waals surface area contributed by atoms with Gasteiger partial charge in [0, 0.05) is 19.2 Å². The van der Waals surface area contributed by atoms with Crippen LogP contribution in [-0.4, -0.2) is 16.7 Å². The average Bonchev–Trinajstić information content (AvgIpc) is 2.77. The number of hydrogen-bond donors (Lipinski definition) is 1. The highest BCUT2D eigenvalue weighted by atomic mass is 35.5. The van der Waals surface area contributed by atoms with Crippen molar-refractivity contribution < 1.29 is 9.13 Å². The van der Waals surface area contributed by atoms with Gasteiger partial charge < -0.3 is 15.0 Å². The highest BCUT2D eigenvalue weighted by molar-refractivity contribution is 6.33. The Bertz CT molecular complexity index is 845. The molecule has 2 N–H and O–H groups in total. The van der Waals surface area contributed by atoms with Crippen LogP contribution in [0.25, 0.3) is 22.4 Å². The summed E-state index contributed by atoms with van der Waals surface area (Å²) in [5.74, 6) is 0.875. The van der Waals surface area contributed by atoms with Gasteiger partial charge in [-0.25, -0.2) is 9.37 Å². The third-order valence-electron chi connectivity index (χ3n) is 3.40. The van der Waals surface area contributed by atoms with Crippen LogP contribution in [0.5, 0.6) is 5.75 Å². The maximum atomic E-state index is 13.3. The number of fused-ring (bicyclic) bond motifs is 1. The molecule has 1 heterocycles. The van der Waals surface area contributed by atoms with Crippen LogP contribution in [0.3, 0.4) is 0 Å². The van der Waals surface area contributed by atoms with Crippen molar-refractivity contribution in [2.75, 3.05) is 12.8 Å². The van der Waals surface area contributed by atoms with Crippen molar-refractivity contribution in [3.63, 3.8) is 0 Å². The zero-order chi connectivity index (χ0) is 15.1. The number of hydrogen-bond acceptors (Lipinski definition) is 3. The quantitative estimate of drug-likeness (QED) is 0.736. The van der Waals surface area contributed by atoms with E-state index in [9.17, 15) is 4.39 Å². The van der Waals surface area contributed by atoms with Crippen LogP contribution >= 0.6 is 11.6 Å². The minimum absolute atomic E-state index is 0.325. The number of benzene rings is 2. The van der Waals surface area contributed by atoms with Crippen molar-refractivity contribution in [2.24, 2.45) is 7.05 Å². The smallest absolute Gasteiger partial charge is 0.144 e. The lowest BCUT2D eigenvalue weighted by Gasteiger charge is -2.10. The van der Waals surface area contributed by atoms with Crippen molar-refractivity contribution in [1.29, 1.82) is 0 Å². The van der Waals surface area contributed by atoms with Crippen LogP contribution < -0.4 is 10.5 Å². The summed E-state index contributed by atoms with van der Waals surface area (Å²) in [6, 6.07) is 7.84. The number of nitrogens with zero attached hydrogens (tertiary/aromatic N) is 2. The Balaban J connectivity index is 2.30. The van der Waals surface area contributed by atoms with Gasteiger partial charge in [-0.1, -0.05) is 11.6 Å². The van der Waals surface area contributed by atoms with E-state index in [1.807, 2.05) is 11.6 Å². The Kier molecular flexibility index (Phi) is 3.22. The highest BCUT2D eigenvalue weighted by Gasteiger charge is 2.16. The van der Waals surface area contributed by atoms with E-state index >= 15 is 0 Å². The van der Waals surface area contributed by atoms with Gasteiger partial charge in [-0.3, -0.25) is 0 Å². The van der Waals surface area contributed by atoms with E-state index < -0.39 is 0 Å². The number of nitrogens with two attached hydrogens (primary N) is 1. The first-order valence-corrected chi connectivity index (χ1v) is 6.64. The lowest BCUT2D eigenvalue weighted by molar-refractivity contribution is 0.416. The molecule has 0 bridgehead atoms. The summed E-state index contributed by atoms with van der Waals surface area (Å²) in [6.07, 6.45) is 0. The zero-order valence-corrected chi connectivity index (χ0v) is 12.3. The second-order valence-corrected chi connectivity index (χ2v) is 5.11. The lowest BCUT2D eigenvalue weighted by atomic mass is 10.1. The van der Waals surface area contributed by atoms with Gasteiger partial charge in [0.1, 0.15) is 17.4 Å². The molecule has 108 valence electrons. The number of aromatic nitrogens is 2. The van der Waals surface area contributed by atoms with Gasteiger partial charge in [0.25, 0.3) is 0 Å². The topological polar surface area (TPSA) is 53.1 Å². The molecule has 4 nitrogen and oxygen atoms in total. The van der Waals surface area contributed by atoms with E-state index in [0.717, 1.165) is 5.52 Å². The first-order chi connectivity index (χ1) is 10.0. The van der Waals surface area contributed by atoms with Gasteiger partial charge in [-0.15, -0.1) is 0 Å². The van der Waals surface area contributed by atoms with Gasteiger partial charge in [-0.05, 0) is 18.2 Å². The molecule has 0 fully saturated rings. The molecular weight excluding hydrogens is 293 g/mol. The van der Waals surface area contributed by atoms with Crippen LogP contribution in [0.1, 0.15) is 0 Å². The molecule has 0 aliphatic heterocycles. The Hall–Kier alpha value is -2.27. The van der Waals surface area contributed by atoms with Gasteiger partial charge >= 0.3 is 0 Å². The maximum absolute atomic E-state index is 13.3. The molecule has 2 aromatic carbocycles. The van der Waals surface area contributed by atoms with E-state index in [1.54, 1.807) is 25.3 Å². The molecular formula is C15H13ClFN3O. The fraction of sp³-hybridized carbons (Fsp3) is 0.133. The molecule has 0 spiro atoms. The van der Waals surface area contributed by atoms with E-state index in [1.165, 1.54) is 12.1 Å². The van der Waals surface area contributed by atoms with E-state index in [4.69, 9.17) is 22.1 Å². The Morgan fingerprint density at radius 2 is 2.05 bits per heavy atom. The van der Waals surface area contributed by atoms with Crippen LogP contribution in [0.2, 0.25) is 5.02 Å². The van der Waals surface area contributed by atoms with Crippen LogP contribution in [0, 0.1) is 5.82 Å². The van der Waals surface area contributed by atoms with E-state index in [0.29, 0.717) is 33.4 Å². The van der Waals surface area contributed by atoms with E-state index in [2.05, 4.69) is 4.98 Å². The predicted molar refractivity (Wildman–Crippen MR) is 82.1 cm³/mol.